The number of rotatable bonds is 2. The molecule has 5 heteroatoms. The number of aromatic nitrogens is 2. The van der Waals surface area contributed by atoms with Crippen molar-refractivity contribution in [2.75, 3.05) is 11.4 Å². The van der Waals surface area contributed by atoms with E-state index in [9.17, 15) is 5.26 Å². The second-order valence-corrected chi connectivity index (χ2v) is 6.43. The highest BCUT2D eigenvalue weighted by Crippen LogP contribution is 2.33. The highest BCUT2D eigenvalue weighted by molar-refractivity contribution is 5.93. The monoisotopic (exact) mass is 352 g/mol. The minimum Gasteiger partial charge on any atom is -0.350 e. The minimum absolute atomic E-state index is 0. The quantitative estimate of drug-likeness (QED) is 0.695. The molecule has 0 saturated heterocycles. The van der Waals surface area contributed by atoms with Crippen LogP contribution in [-0.4, -0.2) is 16.1 Å². The Morgan fingerprint density at radius 1 is 1.16 bits per heavy atom. The number of benzene rings is 1. The molecule has 1 aromatic carbocycles. The standard InChI is InChI=1S/C20H20N4.ClH/c1-14-15(2)24(12-9-21)19-18(14)7-10-22-20(19)23-11-8-16-5-3-4-6-17(16)13-23;/h3-7,10H,8,11-13H2,1-2H3;1H. The van der Waals surface area contributed by atoms with Gasteiger partial charge in [0.15, 0.2) is 5.82 Å². The smallest absolute Gasteiger partial charge is 0.153 e. The molecule has 0 radical (unpaired) electrons. The Morgan fingerprint density at radius 2 is 1.92 bits per heavy atom. The Hall–Kier alpha value is -2.51. The fraction of sp³-hybridized carbons (Fsp3) is 0.300. The molecule has 0 amide bonds. The van der Waals surface area contributed by atoms with Crippen molar-refractivity contribution in [3.05, 3.63) is 58.9 Å². The van der Waals surface area contributed by atoms with Gasteiger partial charge in [-0.3, -0.25) is 0 Å². The number of nitrogens with zero attached hydrogens (tertiary/aromatic N) is 4. The third kappa shape index (κ3) is 2.75. The summed E-state index contributed by atoms with van der Waals surface area (Å²) in [6, 6.07) is 13.0. The van der Waals surface area contributed by atoms with Crippen LogP contribution >= 0.6 is 12.4 Å². The lowest BCUT2D eigenvalue weighted by molar-refractivity contribution is 0.719. The average Bonchev–Trinajstić information content (AvgIpc) is 2.87. The number of hydrogen-bond donors (Lipinski definition) is 0. The minimum atomic E-state index is 0. The zero-order valence-electron chi connectivity index (χ0n) is 14.5. The van der Waals surface area contributed by atoms with Crippen molar-refractivity contribution >= 4 is 29.1 Å². The van der Waals surface area contributed by atoms with Gasteiger partial charge in [-0.1, -0.05) is 24.3 Å². The number of nitriles is 1. The Bertz CT molecular complexity index is 968. The third-order valence-corrected chi connectivity index (χ3v) is 5.19. The molecule has 2 aromatic heterocycles. The van der Waals surface area contributed by atoms with E-state index in [4.69, 9.17) is 4.98 Å². The molecular weight excluding hydrogens is 332 g/mol. The maximum Gasteiger partial charge on any atom is 0.153 e. The first-order chi connectivity index (χ1) is 11.7. The summed E-state index contributed by atoms with van der Waals surface area (Å²) in [6.45, 7) is 6.40. The number of halogens is 1. The lowest BCUT2D eigenvalue weighted by Gasteiger charge is -2.30. The van der Waals surface area contributed by atoms with Crippen molar-refractivity contribution in [3.8, 4) is 6.07 Å². The maximum atomic E-state index is 9.24. The zero-order chi connectivity index (χ0) is 16.7. The Morgan fingerprint density at radius 3 is 2.68 bits per heavy atom. The van der Waals surface area contributed by atoms with Crippen LogP contribution in [0.15, 0.2) is 36.5 Å². The molecule has 25 heavy (non-hydrogen) atoms. The fourth-order valence-corrected chi connectivity index (χ4v) is 3.75. The van der Waals surface area contributed by atoms with Crippen molar-refractivity contribution in [1.82, 2.24) is 9.55 Å². The van der Waals surface area contributed by atoms with Gasteiger partial charge in [-0.05, 0) is 43.0 Å². The molecule has 0 aliphatic carbocycles. The molecule has 0 saturated carbocycles. The number of aryl methyl sites for hydroxylation is 1. The number of fused-ring (bicyclic) bond motifs is 2. The van der Waals surface area contributed by atoms with Gasteiger partial charge < -0.3 is 9.47 Å². The molecule has 0 bridgehead atoms. The van der Waals surface area contributed by atoms with E-state index in [0.717, 1.165) is 36.5 Å². The summed E-state index contributed by atoms with van der Waals surface area (Å²) >= 11 is 0. The van der Waals surface area contributed by atoms with Gasteiger partial charge in [0, 0.05) is 30.4 Å². The van der Waals surface area contributed by atoms with Crippen molar-refractivity contribution in [2.24, 2.45) is 0 Å². The second kappa shape index (κ2) is 6.78. The first-order valence-corrected chi connectivity index (χ1v) is 8.33. The molecule has 0 N–H and O–H groups in total. The van der Waals surface area contributed by atoms with Crippen LogP contribution in [0.2, 0.25) is 0 Å². The van der Waals surface area contributed by atoms with Gasteiger partial charge in [0.05, 0.1) is 11.6 Å². The number of anilines is 1. The van der Waals surface area contributed by atoms with E-state index in [1.165, 1.54) is 22.1 Å². The van der Waals surface area contributed by atoms with Gasteiger partial charge in [0.2, 0.25) is 0 Å². The molecule has 0 atom stereocenters. The van der Waals surface area contributed by atoms with Crippen molar-refractivity contribution < 1.29 is 0 Å². The Kier molecular flexibility index (Phi) is 4.69. The highest BCUT2D eigenvalue weighted by Gasteiger charge is 2.22. The van der Waals surface area contributed by atoms with Crippen molar-refractivity contribution in [2.45, 2.75) is 33.4 Å². The van der Waals surface area contributed by atoms with Gasteiger partial charge in [-0.15, -0.1) is 12.4 Å². The predicted molar refractivity (Wildman–Crippen MR) is 103 cm³/mol. The molecule has 1 aliphatic heterocycles. The first kappa shape index (κ1) is 17.3. The molecule has 0 spiro atoms. The van der Waals surface area contributed by atoms with E-state index >= 15 is 0 Å². The van der Waals surface area contributed by atoms with E-state index in [1.54, 1.807) is 0 Å². The van der Waals surface area contributed by atoms with Crippen LogP contribution in [0.3, 0.4) is 0 Å². The van der Waals surface area contributed by atoms with Crippen molar-refractivity contribution in [3.63, 3.8) is 0 Å². The summed E-state index contributed by atoms with van der Waals surface area (Å²) in [5.74, 6) is 0.994. The summed E-state index contributed by atoms with van der Waals surface area (Å²) in [5, 5.41) is 10.4. The molecule has 1 aliphatic rings. The van der Waals surface area contributed by atoms with Crippen LogP contribution in [0.25, 0.3) is 10.9 Å². The first-order valence-electron chi connectivity index (χ1n) is 8.33. The largest absolute Gasteiger partial charge is 0.350 e. The molecule has 128 valence electrons. The molecule has 0 unspecified atom stereocenters. The van der Waals surface area contributed by atoms with Gasteiger partial charge in [0.25, 0.3) is 0 Å². The topological polar surface area (TPSA) is 44.9 Å². The normalized spacial score (nSPS) is 13.2. The second-order valence-electron chi connectivity index (χ2n) is 6.43. The Balaban J connectivity index is 0.00000182. The van der Waals surface area contributed by atoms with E-state index in [-0.39, 0.29) is 12.4 Å². The summed E-state index contributed by atoms with van der Waals surface area (Å²) < 4.78 is 2.10. The maximum absolute atomic E-state index is 9.24. The Labute approximate surface area is 154 Å². The summed E-state index contributed by atoms with van der Waals surface area (Å²) in [7, 11) is 0. The lowest BCUT2D eigenvalue weighted by atomic mass is 10.00. The average molecular weight is 353 g/mol. The lowest BCUT2D eigenvalue weighted by Crippen LogP contribution is -2.31. The van der Waals surface area contributed by atoms with E-state index in [0.29, 0.717) is 6.54 Å². The van der Waals surface area contributed by atoms with Gasteiger partial charge in [-0.25, -0.2) is 4.98 Å². The highest BCUT2D eigenvalue weighted by atomic mass is 35.5. The molecular formula is C20H21ClN4. The van der Waals surface area contributed by atoms with Crippen LogP contribution in [-0.2, 0) is 19.5 Å². The molecule has 3 aromatic rings. The molecule has 3 heterocycles. The summed E-state index contributed by atoms with van der Waals surface area (Å²) in [5.41, 5.74) is 6.28. The summed E-state index contributed by atoms with van der Waals surface area (Å²) in [6.07, 6.45) is 2.92. The van der Waals surface area contributed by atoms with E-state index < -0.39 is 0 Å². The van der Waals surface area contributed by atoms with Gasteiger partial charge >= 0.3 is 0 Å². The predicted octanol–water partition coefficient (Wildman–Crippen LogP) is 4.16. The van der Waals surface area contributed by atoms with E-state index in [2.05, 4.69) is 59.7 Å². The fourth-order valence-electron chi connectivity index (χ4n) is 3.75. The van der Waals surface area contributed by atoms with Gasteiger partial charge in [0.1, 0.15) is 6.54 Å². The SMILES string of the molecule is Cc1c(C)n(CC#N)c2c(N3CCc4ccccc4C3)nccc12.Cl. The van der Waals surface area contributed by atoms with Crippen LogP contribution in [0, 0.1) is 25.2 Å². The van der Waals surface area contributed by atoms with Crippen LogP contribution in [0.5, 0.6) is 0 Å². The third-order valence-electron chi connectivity index (χ3n) is 5.19. The van der Waals surface area contributed by atoms with Gasteiger partial charge in [-0.2, -0.15) is 5.26 Å². The van der Waals surface area contributed by atoms with Crippen LogP contribution < -0.4 is 4.90 Å². The number of pyridine rings is 1. The van der Waals surface area contributed by atoms with E-state index in [1.807, 2.05) is 6.20 Å². The molecule has 4 nitrogen and oxygen atoms in total. The molecule has 4 rings (SSSR count). The summed E-state index contributed by atoms with van der Waals surface area (Å²) in [4.78, 5) is 7.04. The van der Waals surface area contributed by atoms with Crippen molar-refractivity contribution in [1.29, 1.82) is 5.26 Å². The number of hydrogen-bond acceptors (Lipinski definition) is 3. The van der Waals surface area contributed by atoms with Crippen LogP contribution in [0.4, 0.5) is 5.82 Å². The molecule has 0 fully saturated rings. The van der Waals surface area contributed by atoms with Crippen LogP contribution in [0.1, 0.15) is 22.4 Å². The zero-order valence-corrected chi connectivity index (χ0v) is 15.3.